The molecule has 1 saturated carbocycles. The Morgan fingerprint density at radius 1 is 1.43 bits per heavy atom. The molecule has 2 amide bonds. The highest BCUT2D eigenvalue weighted by atomic mass is 32.1. The van der Waals surface area contributed by atoms with Gasteiger partial charge in [-0.1, -0.05) is 6.92 Å². The van der Waals surface area contributed by atoms with E-state index in [0.717, 1.165) is 18.4 Å². The molecule has 1 saturated heterocycles. The van der Waals surface area contributed by atoms with Crippen LogP contribution in [0.2, 0.25) is 0 Å². The number of hydrogen-bond acceptors (Lipinski definition) is 3. The summed E-state index contributed by atoms with van der Waals surface area (Å²) in [6.07, 6.45) is 2.11. The van der Waals surface area contributed by atoms with Crippen molar-refractivity contribution < 1.29 is 14.7 Å². The number of thiophene rings is 1. The maximum absolute atomic E-state index is 12.7. The van der Waals surface area contributed by atoms with Crippen LogP contribution in [0.5, 0.6) is 0 Å². The molecule has 3 rings (SSSR count). The molecule has 2 heterocycles. The van der Waals surface area contributed by atoms with Crippen LogP contribution in [-0.2, 0) is 11.3 Å². The van der Waals surface area contributed by atoms with Crippen molar-refractivity contribution in [1.29, 1.82) is 0 Å². The number of likely N-dealkylation sites (tertiary alicyclic amines) is 1. The van der Waals surface area contributed by atoms with Gasteiger partial charge in [-0.2, -0.15) is 11.3 Å². The van der Waals surface area contributed by atoms with Gasteiger partial charge < -0.3 is 14.9 Å². The van der Waals surface area contributed by atoms with Gasteiger partial charge in [-0.15, -0.1) is 0 Å². The van der Waals surface area contributed by atoms with E-state index in [2.05, 4.69) is 5.38 Å². The molecular weight excluding hydrogens is 288 g/mol. The van der Waals surface area contributed by atoms with Crippen molar-refractivity contribution in [1.82, 2.24) is 9.80 Å². The molecule has 0 bridgehead atoms. The maximum Gasteiger partial charge on any atom is 0.320 e. The van der Waals surface area contributed by atoms with E-state index < -0.39 is 11.9 Å². The first-order valence-electron chi connectivity index (χ1n) is 7.35. The second-order valence-corrected chi connectivity index (χ2v) is 6.88. The number of nitrogens with zero attached hydrogens (tertiary/aromatic N) is 2. The monoisotopic (exact) mass is 308 g/mol. The first-order valence-corrected chi connectivity index (χ1v) is 8.30. The average molecular weight is 308 g/mol. The first kappa shape index (κ1) is 14.4. The summed E-state index contributed by atoms with van der Waals surface area (Å²) in [4.78, 5) is 27.6. The van der Waals surface area contributed by atoms with Crippen LogP contribution in [0.15, 0.2) is 16.8 Å². The summed E-state index contributed by atoms with van der Waals surface area (Å²) in [7, 11) is 0. The van der Waals surface area contributed by atoms with Crippen LogP contribution in [-0.4, -0.2) is 46.0 Å². The van der Waals surface area contributed by atoms with Crippen molar-refractivity contribution in [3.8, 4) is 0 Å². The standard InChI is InChI=1S/C15H20N2O3S/c1-10-6-16(8-13(10)14(18)19)15(20)17(12-2-3-12)7-11-4-5-21-9-11/h4-5,9-10,12-13H,2-3,6-8H2,1H3,(H,18,19). The van der Waals surface area contributed by atoms with Gasteiger partial charge in [0.05, 0.1) is 5.92 Å². The van der Waals surface area contributed by atoms with Crippen molar-refractivity contribution in [3.63, 3.8) is 0 Å². The van der Waals surface area contributed by atoms with Crippen LogP contribution < -0.4 is 0 Å². The quantitative estimate of drug-likeness (QED) is 0.929. The summed E-state index contributed by atoms with van der Waals surface area (Å²) in [5.41, 5.74) is 1.15. The second-order valence-electron chi connectivity index (χ2n) is 6.10. The van der Waals surface area contributed by atoms with Crippen molar-refractivity contribution in [2.75, 3.05) is 13.1 Å². The van der Waals surface area contributed by atoms with E-state index in [1.165, 1.54) is 0 Å². The molecule has 6 heteroatoms. The molecule has 1 N–H and O–H groups in total. The molecule has 0 spiro atoms. The van der Waals surface area contributed by atoms with E-state index in [1.54, 1.807) is 16.2 Å². The molecule has 0 aromatic carbocycles. The number of urea groups is 1. The highest BCUT2D eigenvalue weighted by molar-refractivity contribution is 7.07. The number of carbonyl (C=O) groups is 2. The molecule has 2 atom stereocenters. The minimum atomic E-state index is -0.798. The lowest BCUT2D eigenvalue weighted by Gasteiger charge is -2.28. The van der Waals surface area contributed by atoms with E-state index in [4.69, 9.17) is 0 Å². The number of rotatable bonds is 4. The minimum absolute atomic E-state index is 0.000648. The molecule has 5 nitrogen and oxygen atoms in total. The Labute approximate surface area is 128 Å². The normalized spacial score (nSPS) is 25.1. The summed E-state index contributed by atoms with van der Waals surface area (Å²) in [6, 6.07) is 2.37. The lowest BCUT2D eigenvalue weighted by molar-refractivity contribution is -0.142. The average Bonchev–Trinajstić information content (AvgIpc) is 3.00. The Morgan fingerprint density at radius 3 is 2.71 bits per heavy atom. The third-order valence-corrected chi connectivity index (χ3v) is 5.10. The van der Waals surface area contributed by atoms with Crippen molar-refractivity contribution in [3.05, 3.63) is 22.4 Å². The second kappa shape index (κ2) is 5.67. The molecule has 1 aromatic heterocycles. The summed E-state index contributed by atoms with van der Waals surface area (Å²) < 4.78 is 0. The SMILES string of the molecule is CC1CN(C(=O)N(Cc2ccsc2)C2CC2)CC1C(=O)O. The van der Waals surface area contributed by atoms with E-state index >= 15 is 0 Å². The highest BCUT2D eigenvalue weighted by Crippen LogP contribution is 2.32. The van der Waals surface area contributed by atoms with E-state index in [-0.39, 0.29) is 11.9 Å². The Balaban J connectivity index is 1.69. The number of amides is 2. The largest absolute Gasteiger partial charge is 0.481 e. The molecule has 2 aliphatic rings. The lowest BCUT2D eigenvalue weighted by Crippen LogP contribution is -2.43. The Hall–Kier alpha value is -1.56. The first-order chi connectivity index (χ1) is 10.1. The predicted octanol–water partition coefficient (Wildman–Crippen LogP) is 2.49. The molecule has 1 aliphatic carbocycles. The van der Waals surface area contributed by atoms with E-state index in [9.17, 15) is 14.7 Å². The van der Waals surface area contributed by atoms with Crippen molar-refractivity contribution in [2.24, 2.45) is 11.8 Å². The minimum Gasteiger partial charge on any atom is -0.481 e. The van der Waals surface area contributed by atoms with Crippen LogP contribution in [0.25, 0.3) is 0 Å². The fourth-order valence-corrected chi connectivity index (χ4v) is 3.60. The van der Waals surface area contributed by atoms with Gasteiger partial charge in [-0.05, 0) is 41.1 Å². The number of carbonyl (C=O) groups excluding carboxylic acids is 1. The zero-order chi connectivity index (χ0) is 15.0. The molecule has 2 unspecified atom stereocenters. The van der Waals surface area contributed by atoms with Gasteiger partial charge >= 0.3 is 12.0 Å². The fraction of sp³-hybridized carbons (Fsp3) is 0.600. The fourth-order valence-electron chi connectivity index (χ4n) is 2.94. The predicted molar refractivity (Wildman–Crippen MR) is 80.1 cm³/mol. The third-order valence-electron chi connectivity index (χ3n) is 4.37. The van der Waals surface area contributed by atoms with Gasteiger partial charge in [-0.25, -0.2) is 4.79 Å². The van der Waals surface area contributed by atoms with Gasteiger partial charge in [0.15, 0.2) is 0 Å². The topological polar surface area (TPSA) is 60.9 Å². The lowest BCUT2D eigenvalue weighted by atomic mass is 9.99. The Kier molecular flexibility index (Phi) is 3.89. The van der Waals surface area contributed by atoms with Gasteiger partial charge in [0.1, 0.15) is 0 Å². The smallest absolute Gasteiger partial charge is 0.320 e. The molecule has 0 radical (unpaired) electrons. The number of aliphatic carboxylic acids is 1. The van der Waals surface area contributed by atoms with Gasteiger partial charge in [0, 0.05) is 25.7 Å². The van der Waals surface area contributed by atoms with Gasteiger partial charge in [-0.3, -0.25) is 4.79 Å². The number of hydrogen-bond donors (Lipinski definition) is 1. The molecule has 2 fully saturated rings. The van der Waals surface area contributed by atoms with Crippen LogP contribution in [0.1, 0.15) is 25.3 Å². The molecule has 1 aromatic rings. The van der Waals surface area contributed by atoms with Crippen LogP contribution >= 0.6 is 11.3 Å². The van der Waals surface area contributed by atoms with Gasteiger partial charge in [0.2, 0.25) is 0 Å². The molecule has 114 valence electrons. The summed E-state index contributed by atoms with van der Waals surface area (Å²) in [6.45, 7) is 3.42. The van der Waals surface area contributed by atoms with E-state index in [0.29, 0.717) is 25.7 Å². The van der Waals surface area contributed by atoms with Crippen LogP contribution in [0, 0.1) is 11.8 Å². The highest BCUT2D eigenvalue weighted by Gasteiger charge is 2.41. The molecule has 21 heavy (non-hydrogen) atoms. The zero-order valence-corrected chi connectivity index (χ0v) is 12.9. The maximum atomic E-state index is 12.7. The van der Waals surface area contributed by atoms with Crippen molar-refractivity contribution in [2.45, 2.75) is 32.4 Å². The Morgan fingerprint density at radius 2 is 2.19 bits per heavy atom. The summed E-state index contributed by atoms with van der Waals surface area (Å²) in [5, 5.41) is 13.3. The molecule has 1 aliphatic heterocycles. The number of carboxylic acids is 1. The Bertz CT molecular complexity index is 527. The van der Waals surface area contributed by atoms with Crippen LogP contribution in [0.3, 0.4) is 0 Å². The van der Waals surface area contributed by atoms with Crippen LogP contribution in [0.4, 0.5) is 4.79 Å². The zero-order valence-electron chi connectivity index (χ0n) is 12.1. The number of carboxylic acid groups (broad SMARTS) is 1. The van der Waals surface area contributed by atoms with E-state index in [1.807, 2.05) is 23.3 Å². The third kappa shape index (κ3) is 3.05. The summed E-state index contributed by atoms with van der Waals surface area (Å²) >= 11 is 1.63. The molecular formula is C15H20N2O3S. The summed E-state index contributed by atoms with van der Waals surface area (Å²) in [5.74, 6) is -1.21. The van der Waals surface area contributed by atoms with Gasteiger partial charge in [0.25, 0.3) is 0 Å². The van der Waals surface area contributed by atoms with Crippen molar-refractivity contribution >= 4 is 23.3 Å².